The van der Waals surface area contributed by atoms with Crippen molar-refractivity contribution in [1.29, 1.82) is 0 Å². The van der Waals surface area contributed by atoms with E-state index in [9.17, 15) is 0 Å². The molecule has 0 bridgehead atoms. The molecule has 88 valence electrons. The minimum Gasteiger partial charge on any atom is -0.314 e. The van der Waals surface area contributed by atoms with Gasteiger partial charge in [0.15, 0.2) is 0 Å². The van der Waals surface area contributed by atoms with Crippen LogP contribution in [0.1, 0.15) is 25.7 Å². The van der Waals surface area contributed by atoms with E-state index in [1.54, 1.807) is 0 Å². The molecule has 0 aromatic carbocycles. The normalized spacial score (nSPS) is 30.6. The molecule has 0 saturated carbocycles. The maximum absolute atomic E-state index is 3.41. The third-order valence-electron chi connectivity index (χ3n) is 3.91. The Kier molecular flexibility index (Phi) is 4.42. The first-order valence-corrected chi connectivity index (χ1v) is 6.49. The van der Waals surface area contributed by atoms with Gasteiger partial charge in [-0.15, -0.1) is 0 Å². The average molecular weight is 211 g/mol. The topological polar surface area (TPSA) is 18.5 Å². The molecule has 3 heteroatoms. The summed E-state index contributed by atoms with van der Waals surface area (Å²) in [6.07, 6.45) is 5.64. The highest BCUT2D eigenvalue weighted by molar-refractivity contribution is 4.76. The fourth-order valence-electron chi connectivity index (χ4n) is 2.78. The number of rotatable bonds is 3. The fourth-order valence-corrected chi connectivity index (χ4v) is 2.78. The molecule has 0 aliphatic carbocycles. The zero-order chi connectivity index (χ0) is 10.5. The second-order valence-corrected chi connectivity index (χ2v) is 5.01. The smallest absolute Gasteiger partial charge is 0.0107 e. The largest absolute Gasteiger partial charge is 0.314 e. The molecule has 0 spiro atoms. The van der Waals surface area contributed by atoms with Crippen molar-refractivity contribution < 1.29 is 0 Å². The van der Waals surface area contributed by atoms with Crippen molar-refractivity contribution in [3.05, 3.63) is 0 Å². The summed E-state index contributed by atoms with van der Waals surface area (Å²) in [6.45, 7) is 7.47. The monoisotopic (exact) mass is 211 g/mol. The van der Waals surface area contributed by atoms with E-state index in [1.807, 2.05) is 0 Å². The molecule has 0 amide bonds. The molecule has 2 aliphatic heterocycles. The van der Waals surface area contributed by atoms with Crippen LogP contribution in [0.25, 0.3) is 0 Å². The number of hydrogen-bond donors (Lipinski definition) is 1. The summed E-state index contributed by atoms with van der Waals surface area (Å²) >= 11 is 0. The third-order valence-corrected chi connectivity index (χ3v) is 3.91. The van der Waals surface area contributed by atoms with Gasteiger partial charge in [-0.3, -0.25) is 0 Å². The number of nitrogens with one attached hydrogen (secondary N) is 1. The van der Waals surface area contributed by atoms with Crippen molar-refractivity contribution >= 4 is 0 Å². The molecule has 2 rings (SSSR count). The molecule has 0 aromatic rings. The van der Waals surface area contributed by atoms with Crippen LogP contribution < -0.4 is 5.32 Å². The summed E-state index contributed by atoms with van der Waals surface area (Å²) < 4.78 is 0. The zero-order valence-corrected chi connectivity index (χ0v) is 10.0. The standard InChI is InChI=1S/C12H25N3/c1-14-8-3-2-4-12(14)5-9-15-10-6-13-7-11-15/h12-13H,2-11H2,1H3/t12-/m0/s1. The van der Waals surface area contributed by atoms with E-state index in [0.717, 1.165) is 6.04 Å². The number of hydrogen-bond acceptors (Lipinski definition) is 3. The highest BCUT2D eigenvalue weighted by Gasteiger charge is 2.19. The van der Waals surface area contributed by atoms with Gasteiger partial charge >= 0.3 is 0 Å². The maximum Gasteiger partial charge on any atom is 0.0107 e. The first-order valence-electron chi connectivity index (χ1n) is 6.49. The van der Waals surface area contributed by atoms with Crippen molar-refractivity contribution in [2.45, 2.75) is 31.7 Å². The quantitative estimate of drug-likeness (QED) is 0.744. The van der Waals surface area contributed by atoms with Crippen LogP contribution in [0, 0.1) is 0 Å². The molecule has 1 N–H and O–H groups in total. The minimum atomic E-state index is 0.855. The summed E-state index contributed by atoms with van der Waals surface area (Å²) in [7, 11) is 2.29. The predicted octanol–water partition coefficient (Wildman–Crippen LogP) is 0.766. The van der Waals surface area contributed by atoms with Crippen LogP contribution in [-0.4, -0.2) is 62.2 Å². The molecule has 0 aromatic heterocycles. The Labute approximate surface area is 93.8 Å². The molecular formula is C12H25N3. The van der Waals surface area contributed by atoms with Gasteiger partial charge < -0.3 is 15.1 Å². The zero-order valence-electron chi connectivity index (χ0n) is 10.0. The third kappa shape index (κ3) is 3.44. The second-order valence-electron chi connectivity index (χ2n) is 5.01. The summed E-state index contributed by atoms with van der Waals surface area (Å²) in [5, 5.41) is 3.41. The van der Waals surface area contributed by atoms with Gasteiger partial charge in [0, 0.05) is 32.2 Å². The van der Waals surface area contributed by atoms with E-state index < -0.39 is 0 Å². The molecule has 3 nitrogen and oxygen atoms in total. The Morgan fingerprint density at radius 1 is 1.13 bits per heavy atom. The molecule has 15 heavy (non-hydrogen) atoms. The summed E-state index contributed by atoms with van der Waals surface area (Å²) in [6, 6.07) is 0.855. The van der Waals surface area contributed by atoms with Crippen molar-refractivity contribution in [3.63, 3.8) is 0 Å². The van der Waals surface area contributed by atoms with E-state index in [2.05, 4.69) is 22.2 Å². The van der Waals surface area contributed by atoms with E-state index in [4.69, 9.17) is 0 Å². The lowest BCUT2D eigenvalue weighted by molar-refractivity contribution is 0.148. The molecule has 0 unspecified atom stereocenters. The van der Waals surface area contributed by atoms with Crippen molar-refractivity contribution in [3.8, 4) is 0 Å². The van der Waals surface area contributed by atoms with Gasteiger partial charge in [0.25, 0.3) is 0 Å². The molecule has 2 aliphatic rings. The van der Waals surface area contributed by atoms with Crippen LogP contribution >= 0.6 is 0 Å². The van der Waals surface area contributed by atoms with Gasteiger partial charge in [-0.25, -0.2) is 0 Å². The SMILES string of the molecule is CN1CCCC[C@H]1CCN1CCNCC1. The van der Waals surface area contributed by atoms with Gasteiger partial charge in [0.05, 0.1) is 0 Å². The average Bonchev–Trinajstić information content (AvgIpc) is 2.29. The van der Waals surface area contributed by atoms with Gasteiger partial charge in [-0.1, -0.05) is 6.42 Å². The molecule has 0 radical (unpaired) electrons. The van der Waals surface area contributed by atoms with Crippen molar-refractivity contribution in [2.75, 3.05) is 46.3 Å². The van der Waals surface area contributed by atoms with Gasteiger partial charge in [-0.2, -0.15) is 0 Å². The van der Waals surface area contributed by atoms with Crippen LogP contribution in [0.5, 0.6) is 0 Å². The second kappa shape index (κ2) is 5.83. The lowest BCUT2D eigenvalue weighted by Crippen LogP contribution is -2.45. The van der Waals surface area contributed by atoms with Crippen LogP contribution in [0.2, 0.25) is 0 Å². The van der Waals surface area contributed by atoms with E-state index >= 15 is 0 Å². The first kappa shape index (κ1) is 11.4. The van der Waals surface area contributed by atoms with Crippen molar-refractivity contribution in [2.24, 2.45) is 0 Å². The van der Waals surface area contributed by atoms with Crippen molar-refractivity contribution in [1.82, 2.24) is 15.1 Å². The Bertz CT molecular complexity index is 178. The van der Waals surface area contributed by atoms with Crippen LogP contribution in [0.3, 0.4) is 0 Å². The lowest BCUT2D eigenvalue weighted by Gasteiger charge is -2.35. The van der Waals surface area contributed by atoms with E-state index in [0.29, 0.717) is 0 Å². The Morgan fingerprint density at radius 3 is 2.67 bits per heavy atom. The number of nitrogens with zero attached hydrogens (tertiary/aromatic N) is 2. The summed E-state index contributed by atoms with van der Waals surface area (Å²) in [5.74, 6) is 0. The van der Waals surface area contributed by atoms with Gasteiger partial charge in [-0.05, 0) is 39.4 Å². The van der Waals surface area contributed by atoms with E-state index in [-0.39, 0.29) is 0 Å². The minimum absolute atomic E-state index is 0.855. The highest BCUT2D eigenvalue weighted by Crippen LogP contribution is 2.17. The molecule has 2 saturated heterocycles. The summed E-state index contributed by atoms with van der Waals surface area (Å²) in [5.41, 5.74) is 0. The van der Waals surface area contributed by atoms with Gasteiger partial charge in [0.2, 0.25) is 0 Å². The molecule has 2 heterocycles. The maximum atomic E-state index is 3.41. The summed E-state index contributed by atoms with van der Waals surface area (Å²) in [4.78, 5) is 5.17. The predicted molar refractivity (Wildman–Crippen MR) is 64.2 cm³/mol. The highest BCUT2D eigenvalue weighted by atomic mass is 15.2. The lowest BCUT2D eigenvalue weighted by atomic mass is 10.00. The van der Waals surface area contributed by atoms with Crippen LogP contribution in [0.4, 0.5) is 0 Å². The van der Waals surface area contributed by atoms with Crippen LogP contribution in [-0.2, 0) is 0 Å². The Morgan fingerprint density at radius 2 is 1.93 bits per heavy atom. The Hall–Kier alpha value is -0.120. The fraction of sp³-hybridized carbons (Fsp3) is 1.00. The van der Waals surface area contributed by atoms with Gasteiger partial charge in [0.1, 0.15) is 0 Å². The van der Waals surface area contributed by atoms with E-state index in [1.165, 1.54) is 65.0 Å². The Balaban J connectivity index is 1.67. The van der Waals surface area contributed by atoms with Crippen LogP contribution in [0.15, 0.2) is 0 Å². The molecular weight excluding hydrogens is 186 g/mol. The number of likely N-dealkylation sites (tertiary alicyclic amines) is 1. The number of piperazine rings is 1. The first-order chi connectivity index (χ1) is 7.36. The molecule has 2 fully saturated rings. The molecule has 1 atom stereocenters. The number of piperidine rings is 1.